The van der Waals surface area contributed by atoms with Crippen LogP contribution in [-0.4, -0.2) is 62.1 Å². The molecule has 3 aliphatic rings. The Balaban J connectivity index is 1.34. The van der Waals surface area contributed by atoms with E-state index in [1.54, 1.807) is 0 Å². The highest BCUT2D eigenvalue weighted by atomic mass is 32.2. The number of aliphatic imine (C=N–C) groups is 1. The van der Waals surface area contributed by atoms with Gasteiger partial charge in [0.1, 0.15) is 11.4 Å². The van der Waals surface area contributed by atoms with Crippen LogP contribution < -0.4 is 10.6 Å². The highest BCUT2D eigenvalue weighted by Crippen LogP contribution is 2.39. The Morgan fingerprint density at radius 2 is 1.70 bits per heavy atom. The lowest BCUT2D eigenvalue weighted by molar-refractivity contribution is -0.146. The second-order valence-corrected chi connectivity index (χ2v) is 12.9. The van der Waals surface area contributed by atoms with Crippen LogP contribution in [0.4, 0.5) is 18.9 Å². The van der Waals surface area contributed by atoms with E-state index in [1.807, 2.05) is 33.0 Å². The third-order valence-corrected chi connectivity index (χ3v) is 10.2. The van der Waals surface area contributed by atoms with E-state index in [-0.39, 0.29) is 36.6 Å². The minimum atomic E-state index is -4.15. The number of hydrogen-bond donors (Lipinski definition) is 2. The van der Waals surface area contributed by atoms with E-state index in [0.717, 1.165) is 22.4 Å². The molecule has 1 aromatic carbocycles. The van der Waals surface area contributed by atoms with E-state index >= 15 is 0 Å². The van der Waals surface area contributed by atoms with Gasteiger partial charge in [0.15, 0.2) is 0 Å². The normalized spacial score (nSPS) is 24.7. The van der Waals surface area contributed by atoms with E-state index in [9.17, 15) is 26.4 Å². The number of amides is 1. The second kappa shape index (κ2) is 10.6. The average Bonchev–Trinajstić information content (AvgIpc) is 3.13. The van der Waals surface area contributed by atoms with Gasteiger partial charge in [-0.15, -0.1) is 0 Å². The molecule has 2 N–H and O–H groups in total. The number of aryl methyl sites for hydroxylation is 2. The minimum absolute atomic E-state index is 0.00244. The second-order valence-electron chi connectivity index (χ2n) is 10.8. The van der Waals surface area contributed by atoms with Gasteiger partial charge in [0.2, 0.25) is 10.0 Å². The summed E-state index contributed by atoms with van der Waals surface area (Å²) >= 11 is 0. The molecule has 11 heteroatoms. The van der Waals surface area contributed by atoms with Crippen LogP contribution in [0.2, 0.25) is 0 Å². The largest absolute Gasteiger partial charge is 0.389 e. The fraction of sp³-hybridized carbons (Fsp3) is 0.692. The summed E-state index contributed by atoms with van der Waals surface area (Å²) in [4.78, 5) is 17.6. The molecule has 2 fully saturated rings. The molecule has 0 atom stereocenters. The zero-order valence-electron chi connectivity index (χ0n) is 21.7. The Morgan fingerprint density at radius 3 is 2.24 bits per heavy atom. The molecule has 2 heterocycles. The van der Waals surface area contributed by atoms with Crippen LogP contribution in [0.1, 0.15) is 61.6 Å². The van der Waals surface area contributed by atoms with Crippen LogP contribution in [0.25, 0.3) is 0 Å². The summed E-state index contributed by atoms with van der Waals surface area (Å²) in [6.45, 7) is 4.41. The number of benzene rings is 1. The third kappa shape index (κ3) is 6.30. The summed E-state index contributed by atoms with van der Waals surface area (Å²) in [5.74, 6) is -0.0567. The Morgan fingerprint density at radius 1 is 1.11 bits per heavy atom. The zero-order chi connectivity index (χ0) is 27.0. The Bertz CT molecular complexity index is 1130. The SMILES string of the molecule is CNc1cc(C)c(CCS(=O)(=O)N2CCC3(CC2)N=C(C2CCC(CC(F)(F)F)CC2)NC3=O)c(C)c1. The van der Waals surface area contributed by atoms with Crippen molar-refractivity contribution in [3.8, 4) is 0 Å². The van der Waals surface area contributed by atoms with Gasteiger partial charge in [-0.1, -0.05) is 0 Å². The van der Waals surface area contributed by atoms with Crippen molar-refractivity contribution in [2.75, 3.05) is 31.2 Å². The average molecular weight is 543 g/mol. The number of halogens is 3. The molecule has 1 spiro atoms. The molecule has 206 valence electrons. The Hall–Kier alpha value is -2.14. The predicted octanol–water partition coefficient (Wildman–Crippen LogP) is 4.34. The van der Waals surface area contributed by atoms with Crippen LogP contribution in [-0.2, 0) is 21.2 Å². The fourth-order valence-electron chi connectivity index (χ4n) is 6.07. The van der Waals surface area contributed by atoms with Crippen molar-refractivity contribution >= 4 is 27.5 Å². The van der Waals surface area contributed by atoms with Crippen molar-refractivity contribution in [1.29, 1.82) is 0 Å². The minimum Gasteiger partial charge on any atom is -0.388 e. The predicted molar refractivity (Wildman–Crippen MR) is 138 cm³/mol. The summed E-state index contributed by atoms with van der Waals surface area (Å²) in [7, 11) is -1.65. The molecule has 1 aromatic rings. The maximum Gasteiger partial charge on any atom is 0.389 e. The number of piperidine rings is 1. The third-order valence-electron chi connectivity index (χ3n) is 8.29. The number of alkyl halides is 3. The Labute approximate surface area is 217 Å². The molecule has 37 heavy (non-hydrogen) atoms. The number of nitrogens with one attached hydrogen (secondary N) is 2. The number of rotatable bonds is 7. The Kier molecular flexibility index (Phi) is 7.95. The number of anilines is 1. The monoisotopic (exact) mass is 542 g/mol. The van der Waals surface area contributed by atoms with Crippen LogP contribution in [0.3, 0.4) is 0 Å². The lowest BCUT2D eigenvalue weighted by Crippen LogP contribution is -2.51. The van der Waals surface area contributed by atoms with Gasteiger partial charge in [-0.2, -0.15) is 13.2 Å². The van der Waals surface area contributed by atoms with Gasteiger partial charge in [0.25, 0.3) is 5.91 Å². The fourth-order valence-corrected chi connectivity index (χ4v) is 7.53. The van der Waals surface area contributed by atoms with Crippen LogP contribution in [0.5, 0.6) is 0 Å². The number of amidine groups is 1. The van der Waals surface area contributed by atoms with Gasteiger partial charge in [-0.3, -0.25) is 9.79 Å². The summed E-state index contributed by atoms with van der Waals surface area (Å²) < 4.78 is 65.9. The highest BCUT2D eigenvalue weighted by molar-refractivity contribution is 7.89. The number of nitrogens with zero attached hydrogens (tertiary/aromatic N) is 2. The van der Waals surface area contributed by atoms with Gasteiger partial charge >= 0.3 is 6.18 Å². The van der Waals surface area contributed by atoms with E-state index in [1.165, 1.54) is 4.31 Å². The standard InChI is InChI=1S/C26H37F3N4O3S/c1-17-14-21(30-3)15-18(2)22(17)8-13-37(35,36)33-11-9-25(10-12-33)24(34)31-23(32-25)20-6-4-19(5-7-20)16-26(27,28)29/h14-15,19-20,30H,4-13,16H2,1-3H3,(H,31,32,34). The molecular weight excluding hydrogens is 505 g/mol. The molecule has 2 aliphatic heterocycles. The molecule has 0 bridgehead atoms. The number of sulfonamides is 1. The molecule has 0 unspecified atom stereocenters. The number of hydrogen-bond acceptors (Lipinski definition) is 5. The maximum atomic E-state index is 13.1. The van der Waals surface area contributed by atoms with Crippen molar-refractivity contribution in [3.63, 3.8) is 0 Å². The van der Waals surface area contributed by atoms with Gasteiger partial charge in [0.05, 0.1) is 5.75 Å². The summed E-state index contributed by atoms with van der Waals surface area (Å²) in [6.07, 6.45) is -1.79. The first kappa shape index (κ1) is 27.9. The lowest BCUT2D eigenvalue weighted by Gasteiger charge is -2.34. The van der Waals surface area contributed by atoms with Crippen molar-refractivity contribution in [2.45, 2.75) is 76.9 Å². The first-order chi connectivity index (χ1) is 17.3. The van der Waals surface area contributed by atoms with E-state index in [4.69, 9.17) is 4.99 Å². The lowest BCUT2D eigenvalue weighted by atomic mass is 9.80. The first-order valence-electron chi connectivity index (χ1n) is 13.1. The van der Waals surface area contributed by atoms with Crippen LogP contribution in [0, 0.1) is 25.7 Å². The van der Waals surface area contributed by atoms with Crippen molar-refractivity contribution in [1.82, 2.24) is 9.62 Å². The van der Waals surface area contributed by atoms with E-state index < -0.39 is 28.2 Å². The topological polar surface area (TPSA) is 90.9 Å². The van der Waals surface area contributed by atoms with Gasteiger partial charge < -0.3 is 10.6 Å². The maximum absolute atomic E-state index is 13.1. The van der Waals surface area contributed by atoms with Crippen molar-refractivity contribution < 1.29 is 26.4 Å². The van der Waals surface area contributed by atoms with E-state index in [2.05, 4.69) is 10.6 Å². The van der Waals surface area contributed by atoms with Crippen LogP contribution >= 0.6 is 0 Å². The van der Waals surface area contributed by atoms with Gasteiger partial charge in [0, 0.05) is 38.2 Å². The molecule has 4 rings (SSSR count). The smallest absolute Gasteiger partial charge is 0.388 e. The molecule has 7 nitrogen and oxygen atoms in total. The van der Waals surface area contributed by atoms with Gasteiger partial charge in [-0.05, 0) is 93.5 Å². The van der Waals surface area contributed by atoms with E-state index in [0.29, 0.717) is 50.8 Å². The van der Waals surface area contributed by atoms with Crippen molar-refractivity contribution in [2.24, 2.45) is 16.8 Å². The van der Waals surface area contributed by atoms with Gasteiger partial charge in [-0.25, -0.2) is 12.7 Å². The zero-order valence-corrected chi connectivity index (χ0v) is 22.6. The summed E-state index contributed by atoms with van der Waals surface area (Å²) in [5.41, 5.74) is 3.15. The molecule has 1 aliphatic carbocycles. The molecule has 1 saturated carbocycles. The molecule has 1 saturated heterocycles. The molecule has 1 amide bonds. The van der Waals surface area contributed by atoms with Crippen molar-refractivity contribution in [3.05, 3.63) is 28.8 Å². The van der Waals surface area contributed by atoms with Crippen LogP contribution in [0.15, 0.2) is 17.1 Å². The number of carbonyl (C=O) groups excluding carboxylic acids is 1. The highest BCUT2D eigenvalue weighted by Gasteiger charge is 2.48. The number of carbonyl (C=O) groups is 1. The summed E-state index contributed by atoms with van der Waals surface area (Å²) in [6, 6.07) is 4.02. The molecule has 0 aromatic heterocycles. The molecular formula is C26H37F3N4O3S. The molecule has 0 radical (unpaired) electrons. The quantitative estimate of drug-likeness (QED) is 0.537. The first-order valence-corrected chi connectivity index (χ1v) is 14.7. The summed E-state index contributed by atoms with van der Waals surface area (Å²) in [5, 5.41) is 6.00.